The minimum Gasteiger partial charge on any atom is -0.369 e. The molecule has 3 aromatic heterocycles. The summed E-state index contributed by atoms with van der Waals surface area (Å²) >= 11 is 1.63. The molecule has 0 N–H and O–H groups in total. The number of hydrogen-bond donors (Lipinski definition) is 0. The van der Waals surface area contributed by atoms with Gasteiger partial charge in [0.2, 0.25) is 0 Å². The first-order valence-corrected chi connectivity index (χ1v) is 11.4. The Morgan fingerprint density at radius 3 is 2.41 bits per heavy atom. The number of anilines is 1. The molecular weight excluding hydrogens is 416 g/mol. The average molecular weight is 439 g/mol. The zero-order chi connectivity index (χ0) is 21.8. The molecule has 4 heterocycles. The van der Waals surface area contributed by atoms with E-state index in [0.717, 1.165) is 54.6 Å². The largest absolute Gasteiger partial charge is 0.369 e. The fourth-order valence-electron chi connectivity index (χ4n) is 3.96. The van der Waals surface area contributed by atoms with Crippen molar-refractivity contribution in [2.75, 3.05) is 31.1 Å². The van der Waals surface area contributed by atoms with Gasteiger partial charge in [-0.15, -0.1) is 11.3 Å². The van der Waals surface area contributed by atoms with Gasteiger partial charge in [0.05, 0.1) is 17.3 Å². The van der Waals surface area contributed by atoms with Crippen LogP contribution in [0.4, 0.5) is 5.69 Å². The lowest BCUT2D eigenvalue weighted by Crippen LogP contribution is -2.46. The molecule has 4 aromatic rings. The Morgan fingerprint density at radius 1 is 0.906 bits per heavy atom. The molecule has 1 saturated heterocycles. The summed E-state index contributed by atoms with van der Waals surface area (Å²) in [5.74, 6) is 0. The number of pyridine rings is 2. The fraction of sp³-hybridized carbons (Fsp3) is 0.200. The average Bonchev–Trinajstić information content (AvgIpc) is 3.36. The zero-order valence-corrected chi connectivity index (χ0v) is 18.4. The maximum absolute atomic E-state index is 9.01. The van der Waals surface area contributed by atoms with Crippen molar-refractivity contribution in [2.45, 2.75) is 6.54 Å². The first kappa shape index (κ1) is 20.3. The van der Waals surface area contributed by atoms with Crippen LogP contribution in [0.2, 0.25) is 0 Å². The minimum atomic E-state index is 0.655. The van der Waals surface area contributed by atoms with Crippen molar-refractivity contribution < 1.29 is 0 Å². The molecule has 6 nitrogen and oxygen atoms in total. The van der Waals surface area contributed by atoms with Gasteiger partial charge in [0.15, 0.2) is 0 Å². The number of rotatable bonds is 5. The molecule has 32 heavy (non-hydrogen) atoms. The van der Waals surface area contributed by atoms with Gasteiger partial charge in [-0.2, -0.15) is 5.26 Å². The van der Waals surface area contributed by atoms with E-state index in [1.807, 2.05) is 49.1 Å². The maximum Gasteiger partial charge on any atom is 0.125 e. The van der Waals surface area contributed by atoms with Crippen LogP contribution in [-0.4, -0.2) is 46.0 Å². The number of hydrogen-bond acceptors (Lipinski definition) is 7. The minimum absolute atomic E-state index is 0.655. The van der Waals surface area contributed by atoms with Gasteiger partial charge >= 0.3 is 0 Å². The van der Waals surface area contributed by atoms with Gasteiger partial charge in [0.1, 0.15) is 5.01 Å². The summed E-state index contributed by atoms with van der Waals surface area (Å²) in [6, 6.07) is 16.0. The smallest absolute Gasteiger partial charge is 0.125 e. The summed E-state index contributed by atoms with van der Waals surface area (Å²) in [6.07, 6.45) is 7.49. The first-order chi connectivity index (χ1) is 15.8. The van der Waals surface area contributed by atoms with Crippen LogP contribution in [0.1, 0.15) is 11.1 Å². The van der Waals surface area contributed by atoms with E-state index in [2.05, 4.69) is 49.4 Å². The summed E-state index contributed by atoms with van der Waals surface area (Å²) in [7, 11) is 0. The summed E-state index contributed by atoms with van der Waals surface area (Å²) < 4.78 is 0. The second-order valence-electron chi connectivity index (χ2n) is 7.73. The SMILES string of the molecule is N#Cc1ccc(-c2csc(-c3cnccc3CN3CCN(c4ccncc4)CC3)n2)cc1. The van der Waals surface area contributed by atoms with Gasteiger partial charge in [-0.3, -0.25) is 14.9 Å². The molecule has 0 amide bonds. The van der Waals surface area contributed by atoms with Gasteiger partial charge in [0, 0.05) is 79.7 Å². The van der Waals surface area contributed by atoms with Crippen molar-refractivity contribution in [3.63, 3.8) is 0 Å². The predicted octanol–water partition coefficient (Wildman–Crippen LogP) is 4.46. The lowest BCUT2D eigenvalue weighted by molar-refractivity contribution is 0.250. The quantitative estimate of drug-likeness (QED) is 0.458. The highest BCUT2D eigenvalue weighted by Gasteiger charge is 2.19. The molecule has 5 rings (SSSR count). The molecule has 158 valence electrons. The number of aromatic nitrogens is 3. The first-order valence-electron chi connectivity index (χ1n) is 10.6. The Balaban J connectivity index is 1.30. The summed E-state index contributed by atoms with van der Waals surface area (Å²) in [4.78, 5) is 18.3. The molecule has 1 aromatic carbocycles. The highest BCUT2D eigenvalue weighted by atomic mass is 32.1. The molecule has 0 radical (unpaired) electrons. The van der Waals surface area contributed by atoms with Crippen LogP contribution in [-0.2, 0) is 6.54 Å². The normalized spacial score (nSPS) is 14.3. The lowest BCUT2D eigenvalue weighted by Gasteiger charge is -2.36. The van der Waals surface area contributed by atoms with Gasteiger partial charge in [-0.05, 0) is 35.9 Å². The summed E-state index contributed by atoms with van der Waals surface area (Å²) in [6.45, 7) is 4.92. The van der Waals surface area contributed by atoms with Gasteiger partial charge in [-0.1, -0.05) is 12.1 Å². The van der Waals surface area contributed by atoms with Crippen molar-refractivity contribution in [3.8, 4) is 27.9 Å². The Hall–Kier alpha value is -3.60. The third kappa shape index (κ3) is 4.37. The van der Waals surface area contributed by atoms with Crippen molar-refractivity contribution in [3.05, 3.63) is 83.8 Å². The van der Waals surface area contributed by atoms with Crippen molar-refractivity contribution >= 4 is 17.0 Å². The van der Waals surface area contributed by atoms with E-state index in [0.29, 0.717) is 5.56 Å². The Labute approximate surface area is 191 Å². The molecule has 1 aliphatic rings. The van der Waals surface area contributed by atoms with Gasteiger partial charge in [-0.25, -0.2) is 4.98 Å². The molecule has 0 atom stereocenters. The van der Waals surface area contributed by atoms with E-state index >= 15 is 0 Å². The summed E-state index contributed by atoms with van der Waals surface area (Å²) in [5, 5.41) is 12.1. The fourth-order valence-corrected chi connectivity index (χ4v) is 4.83. The number of piperazine rings is 1. The third-order valence-electron chi connectivity index (χ3n) is 5.75. The summed E-state index contributed by atoms with van der Waals surface area (Å²) in [5.41, 5.74) is 6.18. The van der Waals surface area contributed by atoms with E-state index in [9.17, 15) is 0 Å². The second kappa shape index (κ2) is 9.27. The second-order valence-corrected chi connectivity index (χ2v) is 8.59. The highest BCUT2D eigenvalue weighted by Crippen LogP contribution is 2.31. The molecule has 0 unspecified atom stereocenters. The van der Waals surface area contributed by atoms with Crippen molar-refractivity contribution in [1.82, 2.24) is 19.9 Å². The standard InChI is InChI=1S/C25H22N6S/c26-15-19-1-3-20(4-2-19)24-18-32-25(29-24)23-16-28-8-5-21(23)17-30-11-13-31(14-12-30)22-6-9-27-10-7-22/h1-10,16,18H,11-14,17H2. The molecule has 1 fully saturated rings. The van der Waals surface area contributed by atoms with Crippen LogP contribution in [0.15, 0.2) is 72.6 Å². The number of thiazole rings is 1. The van der Waals surface area contributed by atoms with Crippen molar-refractivity contribution in [2.24, 2.45) is 0 Å². The molecule has 0 spiro atoms. The topological polar surface area (TPSA) is 68.9 Å². The van der Waals surface area contributed by atoms with Gasteiger partial charge < -0.3 is 4.90 Å². The monoisotopic (exact) mass is 438 g/mol. The Morgan fingerprint density at radius 2 is 1.66 bits per heavy atom. The van der Waals surface area contributed by atoms with E-state index in [1.165, 1.54) is 11.3 Å². The molecule has 0 saturated carbocycles. The van der Waals surface area contributed by atoms with E-state index in [-0.39, 0.29) is 0 Å². The van der Waals surface area contributed by atoms with E-state index in [4.69, 9.17) is 10.2 Å². The third-order valence-corrected chi connectivity index (χ3v) is 6.63. The van der Waals surface area contributed by atoms with Crippen LogP contribution in [0.3, 0.4) is 0 Å². The van der Waals surface area contributed by atoms with Crippen LogP contribution in [0.25, 0.3) is 21.8 Å². The van der Waals surface area contributed by atoms with E-state index < -0.39 is 0 Å². The molecule has 0 bridgehead atoms. The van der Waals surface area contributed by atoms with Gasteiger partial charge in [0.25, 0.3) is 0 Å². The van der Waals surface area contributed by atoms with Crippen LogP contribution in [0, 0.1) is 11.3 Å². The number of nitriles is 1. The number of nitrogens with zero attached hydrogens (tertiary/aromatic N) is 6. The predicted molar refractivity (Wildman–Crippen MR) is 127 cm³/mol. The number of benzene rings is 1. The zero-order valence-electron chi connectivity index (χ0n) is 17.6. The van der Waals surface area contributed by atoms with Crippen LogP contribution >= 0.6 is 11.3 Å². The Bertz CT molecular complexity index is 1220. The molecule has 7 heteroatoms. The van der Waals surface area contributed by atoms with Crippen LogP contribution < -0.4 is 4.90 Å². The van der Waals surface area contributed by atoms with E-state index in [1.54, 1.807) is 11.3 Å². The maximum atomic E-state index is 9.01. The highest BCUT2D eigenvalue weighted by molar-refractivity contribution is 7.13. The molecule has 1 aliphatic heterocycles. The molecular formula is C25H22N6S. The molecule has 0 aliphatic carbocycles. The Kier molecular flexibility index (Phi) is 5.88. The van der Waals surface area contributed by atoms with Crippen LogP contribution in [0.5, 0.6) is 0 Å². The van der Waals surface area contributed by atoms with Crippen molar-refractivity contribution in [1.29, 1.82) is 5.26 Å². The lowest BCUT2D eigenvalue weighted by atomic mass is 10.1.